The number of methoxy groups -OCH3 is 1. The molecule has 0 unspecified atom stereocenters. The molecule has 2 aliphatic rings. The number of benzene rings is 1. The molecule has 0 radical (unpaired) electrons. The first kappa shape index (κ1) is 25.5. The third-order valence-corrected chi connectivity index (χ3v) is 7.73. The Labute approximate surface area is 210 Å². The summed E-state index contributed by atoms with van der Waals surface area (Å²) in [4.78, 5) is 22.1. The maximum Gasteiger partial charge on any atom is 0.259 e. The zero-order valence-electron chi connectivity index (χ0n) is 21.5. The number of rotatable bonds is 5. The summed E-state index contributed by atoms with van der Waals surface area (Å²) in [6.45, 7) is 7.72. The van der Waals surface area contributed by atoms with Gasteiger partial charge in [0.15, 0.2) is 0 Å². The number of aromatic nitrogens is 1. The smallest absolute Gasteiger partial charge is 0.259 e. The van der Waals surface area contributed by atoms with Gasteiger partial charge >= 0.3 is 0 Å². The molecule has 1 aromatic carbocycles. The lowest BCUT2D eigenvalue weighted by atomic mass is 9.73. The number of ether oxygens (including phenoxy) is 2. The number of hydrogen-bond donors (Lipinski definition) is 0. The summed E-state index contributed by atoms with van der Waals surface area (Å²) in [6.07, 6.45) is 10.8. The minimum Gasteiger partial charge on any atom is -0.492 e. The molecule has 0 saturated carbocycles. The first-order valence-corrected chi connectivity index (χ1v) is 13.4. The molecule has 0 aliphatic carbocycles. The molecule has 2 aromatic rings. The van der Waals surface area contributed by atoms with E-state index in [4.69, 9.17) is 9.47 Å². The van der Waals surface area contributed by atoms with Crippen molar-refractivity contribution in [3.8, 4) is 11.6 Å². The highest BCUT2D eigenvalue weighted by Gasteiger charge is 2.37. The Morgan fingerprint density at radius 2 is 1.91 bits per heavy atom. The largest absolute Gasteiger partial charge is 0.492 e. The van der Waals surface area contributed by atoms with E-state index < -0.39 is 0 Å². The van der Waals surface area contributed by atoms with E-state index in [1.165, 1.54) is 37.7 Å². The van der Waals surface area contributed by atoms with Crippen LogP contribution in [0, 0.1) is 5.41 Å². The summed E-state index contributed by atoms with van der Waals surface area (Å²) >= 11 is 0. The van der Waals surface area contributed by atoms with Crippen LogP contribution in [-0.4, -0.2) is 67.1 Å². The van der Waals surface area contributed by atoms with E-state index in [0.717, 1.165) is 64.3 Å². The van der Waals surface area contributed by atoms with Crippen molar-refractivity contribution in [2.24, 2.45) is 5.41 Å². The monoisotopic (exact) mass is 479 g/mol. The van der Waals surface area contributed by atoms with Crippen LogP contribution in [0.15, 0.2) is 42.6 Å². The molecule has 1 spiro atoms. The topological polar surface area (TPSA) is 54.9 Å². The lowest BCUT2D eigenvalue weighted by molar-refractivity contribution is 0.0372. The van der Waals surface area contributed by atoms with Crippen LogP contribution in [0.2, 0.25) is 0 Å². The Hall–Kier alpha value is -2.60. The molecule has 190 valence electrons. The fourth-order valence-electron chi connectivity index (χ4n) is 5.64. The average molecular weight is 480 g/mol. The van der Waals surface area contributed by atoms with E-state index in [1.807, 2.05) is 11.0 Å². The Kier molecular flexibility index (Phi) is 9.02. The number of piperidine rings is 1. The van der Waals surface area contributed by atoms with Crippen molar-refractivity contribution in [3.05, 3.63) is 53.7 Å². The van der Waals surface area contributed by atoms with Crippen LogP contribution >= 0.6 is 0 Å². The number of para-hydroxylation sites is 1. The molecular weight excluding hydrogens is 438 g/mol. The lowest BCUT2D eigenvalue weighted by Crippen LogP contribution is -2.49. The second-order valence-corrected chi connectivity index (χ2v) is 10.1. The molecule has 0 N–H and O–H groups in total. The highest BCUT2D eigenvalue weighted by molar-refractivity contribution is 5.96. The van der Waals surface area contributed by atoms with E-state index in [1.54, 1.807) is 19.4 Å². The van der Waals surface area contributed by atoms with Gasteiger partial charge in [-0.25, -0.2) is 4.98 Å². The van der Waals surface area contributed by atoms with Crippen LogP contribution in [0.1, 0.15) is 67.8 Å². The van der Waals surface area contributed by atoms with Gasteiger partial charge < -0.3 is 14.4 Å². The van der Waals surface area contributed by atoms with Gasteiger partial charge in [0, 0.05) is 32.4 Å². The predicted molar refractivity (Wildman–Crippen MR) is 139 cm³/mol. The molecule has 2 aliphatic heterocycles. The molecule has 3 heterocycles. The van der Waals surface area contributed by atoms with Gasteiger partial charge in [0.05, 0.1) is 7.11 Å². The molecule has 1 amide bonds. The van der Waals surface area contributed by atoms with E-state index >= 15 is 0 Å². The summed E-state index contributed by atoms with van der Waals surface area (Å²) in [6, 6.07) is 12.1. The number of fused-ring (bicyclic) bond motifs is 1. The fourth-order valence-corrected chi connectivity index (χ4v) is 5.64. The van der Waals surface area contributed by atoms with Gasteiger partial charge in [0.25, 0.3) is 5.91 Å². The molecule has 4 rings (SSSR count). The quantitative estimate of drug-likeness (QED) is 0.589. The summed E-state index contributed by atoms with van der Waals surface area (Å²) in [5.74, 6) is 1.50. The Bertz CT molecular complexity index is 956. The van der Waals surface area contributed by atoms with Gasteiger partial charge in [-0.05, 0) is 74.2 Å². The van der Waals surface area contributed by atoms with Crippen LogP contribution in [0.25, 0.3) is 0 Å². The zero-order chi connectivity index (χ0) is 24.5. The van der Waals surface area contributed by atoms with Gasteiger partial charge in [0.2, 0.25) is 5.88 Å². The Morgan fingerprint density at radius 3 is 2.71 bits per heavy atom. The number of carbonyl (C=O) groups is 1. The second-order valence-electron chi connectivity index (χ2n) is 10.1. The average Bonchev–Trinajstić information content (AvgIpc) is 2.89. The van der Waals surface area contributed by atoms with Crippen molar-refractivity contribution in [3.63, 3.8) is 0 Å². The van der Waals surface area contributed by atoms with Crippen LogP contribution < -0.4 is 9.47 Å². The summed E-state index contributed by atoms with van der Waals surface area (Å²) in [7, 11) is 1.57. The first-order valence-electron chi connectivity index (χ1n) is 13.4. The molecule has 1 aromatic heterocycles. The standard InChI is InChI=1S/C29H41N3O3/c1-3-4-18-31-21-22-35-26-13-6-5-10-24(26)11-7-8-14-29(23-31)15-19-32(20-16-29)28(33)25-12-9-17-30-27(25)34-2/h5-6,9-10,12-13,17H,3-4,7-8,11,14-16,18-23H2,1-2H3. The highest BCUT2D eigenvalue weighted by atomic mass is 16.5. The van der Waals surface area contributed by atoms with Crippen LogP contribution in [0.4, 0.5) is 0 Å². The predicted octanol–water partition coefficient (Wildman–Crippen LogP) is 5.22. The summed E-state index contributed by atoms with van der Waals surface area (Å²) < 4.78 is 11.6. The minimum atomic E-state index is 0.0331. The number of aryl methyl sites for hydroxylation is 1. The van der Waals surface area contributed by atoms with Crippen LogP contribution in [0.5, 0.6) is 11.6 Å². The molecule has 0 atom stereocenters. The molecular formula is C29H41N3O3. The van der Waals surface area contributed by atoms with Crippen molar-refractivity contribution >= 4 is 5.91 Å². The number of carbonyl (C=O) groups excluding carboxylic acids is 1. The van der Waals surface area contributed by atoms with Gasteiger partial charge in [-0.15, -0.1) is 0 Å². The maximum absolute atomic E-state index is 13.3. The first-order chi connectivity index (χ1) is 17.1. The van der Waals surface area contributed by atoms with Gasteiger partial charge in [-0.3, -0.25) is 9.69 Å². The summed E-state index contributed by atoms with van der Waals surface area (Å²) in [5.41, 5.74) is 2.14. The Morgan fingerprint density at radius 1 is 1.09 bits per heavy atom. The highest BCUT2D eigenvalue weighted by Crippen LogP contribution is 2.39. The van der Waals surface area contributed by atoms with Crippen LogP contribution in [-0.2, 0) is 6.42 Å². The summed E-state index contributed by atoms with van der Waals surface area (Å²) in [5, 5.41) is 0. The van der Waals surface area contributed by atoms with E-state index in [2.05, 4.69) is 41.1 Å². The number of amides is 1. The van der Waals surface area contributed by atoms with Crippen molar-refractivity contribution in [1.82, 2.24) is 14.8 Å². The third-order valence-electron chi connectivity index (χ3n) is 7.73. The fraction of sp³-hybridized carbons (Fsp3) is 0.586. The van der Waals surface area contributed by atoms with E-state index in [9.17, 15) is 4.79 Å². The van der Waals surface area contributed by atoms with Gasteiger partial charge in [0.1, 0.15) is 17.9 Å². The van der Waals surface area contributed by atoms with Gasteiger partial charge in [-0.2, -0.15) is 0 Å². The van der Waals surface area contributed by atoms with Crippen molar-refractivity contribution in [2.75, 3.05) is 46.4 Å². The van der Waals surface area contributed by atoms with E-state index in [0.29, 0.717) is 11.4 Å². The molecule has 35 heavy (non-hydrogen) atoms. The number of likely N-dealkylation sites (tertiary alicyclic amines) is 1. The van der Waals surface area contributed by atoms with Gasteiger partial charge in [-0.1, -0.05) is 38.0 Å². The SMILES string of the molecule is CCCCN1CCOc2ccccc2CCCCC2(CCN(C(=O)c3cccnc3OC)CC2)C1. The van der Waals surface area contributed by atoms with Crippen molar-refractivity contribution in [2.45, 2.75) is 58.3 Å². The zero-order valence-corrected chi connectivity index (χ0v) is 21.5. The third kappa shape index (κ3) is 6.54. The Balaban J connectivity index is 1.46. The maximum atomic E-state index is 13.3. The molecule has 6 heteroatoms. The molecule has 0 bridgehead atoms. The molecule has 1 saturated heterocycles. The molecule has 6 nitrogen and oxygen atoms in total. The number of hydrogen-bond acceptors (Lipinski definition) is 5. The van der Waals surface area contributed by atoms with Crippen LogP contribution in [0.3, 0.4) is 0 Å². The number of unbranched alkanes of at least 4 members (excludes halogenated alkanes) is 1. The molecule has 1 fully saturated rings. The van der Waals surface area contributed by atoms with E-state index in [-0.39, 0.29) is 11.3 Å². The normalized spacial score (nSPS) is 19.2. The van der Waals surface area contributed by atoms with Crippen molar-refractivity contribution in [1.29, 1.82) is 0 Å². The second kappa shape index (κ2) is 12.4. The number of pyridine rings is 1. The number of nitrogens with zero attached hydrogens (tertiary/aromatic N) is 3. The lowest BCUT2D eigenvalue weighted by Gasteiger charge is -2.45. The minimum absolute atomic E-state index is 0.0331. The van der Waals surface area contributed by atoms with Crippen molar-refractivity contribution < 1.29 is 14.3 Å².